The minimum absolute atomic E-state index is 0.0381. The van der Waals surface area contributed by atoms with Crippen molar-refractivity contribution in [3.63, 3.8) is 0 Å². The van der Waals surface area contributed by atoms with Gasteiger partial charge in [0.05, 0.1) is 0 Å². The molecule has 3 N–H and O–H groups in total. The molecule has 5 heteroatoms. The Morgan fingerprint density at radius 1 is 1.67 bits per heavy atom. The van der Waals surface area contributed by atoms with Crippen LogP contribution < -0.4 is 11.1 Å². The lowest BCUT2D eigenvalue weighted by molar-refractivity contribution is 1.19. The second kappa shape index (κ2) is 3.93. The third kappa shape index (κ3) is 2.27. The molecule has 0 saturated heterocycles. The maximum atomic E-state index is 8.17. The number of hydrogen-bond donors (Lipinski definition) is 2. The summed E-state index contributed by atoms with van der Waals surface area (Å²) in [6.07, 6.45) is 3.25. The Hall–Kier alpha value is -2.09. The van der Waals surface area contributed by atoms with Gasteiger partial charge < -0.3 is 5.73 Å². The summed E-state index contributed by atoms with van der Waals surface area (Å²) >= 11 is 0. The number of pyridine rings is 1. The molecule has 1 aromatic rings. The van der Waals surface area contributed by atoms with Crippen LogP contribution in [0.4, 0.5) is 5.82 Å². The minimum atomic E-state index is 0.0381. The fraction of sp³-hybridized carbons (Fsp3) is 0. The van der Waals surface area contributed by atoms with Crippen LogP contribution in [0, 0.1) is 11.5 Å². The van der Waals surface area contributed by atoms with E-state index in [1.165, 1.54) is 0 Å². The molecule has 0 atom stereocenters. The molecule has 0 spiro atoms. The van der Waals surface area contributed by atoms with Gasteiger partial charge in [0.1, 0.15) is 0 Å². The van der Waals surface area contributed by atoms with E-state index in [1.807, 2.05) is 0 Å². The van der Waals surface area contributed by atoms with Gasteiger partial charge in [-0.05, 0) is 12.1 Å². The van der Waals surface area contributed by atoms with Crippen molar-refractivity contribution in [3.05, 3.63) is 24.4 Å². The Bertz CT molecular complexity index is 310. The molecule has 0 aliphatic rings. The monoisotopic (exact) mass is 161 g/mol. The predicted octanol–water partition coefficient (Wildman–Crippen LogP) is 0.0985. The van der Waals surface area contributed by atoms with Gasteiger partial charge in [-0.1, -0.05) is 6.07 Å². The van der Waals surface area contributed by atoms with Crippen LogP contribution in [0.1, 0.15) is 0 Å². The van der Waals surface area contributed by atoms with E-state index in [-0.39, 0.29) is 5.96 Å². The first kappa shape index (κ1) is 8.01. The van der Waals surface area contributed by atoms with Crippen molar-refractivity contribution < 1.29 is 0 Å². The second-order valence-corrected chi connectivity index (χ2v) is 1.92. The molecule has 5 nitrogen and oxygen atoms in total. The molecule has 1 aromatic heterocycles. The zero-order chi connectivity index (χ0) is 8.81. The molecule has 0 radical (unpaired) electrons. The van der Waals surface area contributed by atoms with Gasteiger partial charge in [-0.15, -0.1) is 0 Å². The number of nitrogens with zero attached hydrogens (tertiary/aromatic N) is 3. The molecule has 0 aliphatic carbocycles. The van der Waals surface area contributed by atoms with E-state index < -0.39 is 0 Å². The summed E-state index contributed by atoms with van der Waals surface area (Å²) in [4.78, 5) is 7.68. The van der Waals surface area contributed by atoms with Gasteiger partial charge in [0.25, 0.3) is 0 Å². The van der Waals surface area contributed by atoms with Crippen LogP contribution in [0.25, 0.3) is 0 Å². The molecule has 60 valence electrons. The fourth-order valence-corrected chi connectivity index (χ4v) is 0.629. The zero-order valence-corrected chi connectivity index (χ0v) is 6.23. The summed E-state index contributed by atoms with van der Waals surface area (Å²) in [5.41, 5.74) is 5.29. The number of rotatable bonds is 1. The standard InChI is InChI=1S/C7H7N5/c8-5-11-7(9)12-6-3-1-2-4-10-6/h1-4H,(H3,9,10,11,12). The molecular weight excluding hydrogens is 154 g/mol. The molecule has 1 heterocycles. The molecule has 0 aliphatic heterocycles. The normalized spacial score (nSPS) is 10.4. The first-order valence-corrected chi connectivity index (χ1v) is 3.23. The van der Waals surface area contributed by atoms with Gasteiger partial charge >= 0.3 is 0 Å². The number of guanidine groups is 1. The fourth-order valence-electron chi connectivity index (χ4n) is 0.629. The number of aromatic nitrogens is 1. The first-order chi connectivity index (χ1) is 5.83. The maximum Gasteiger partial charge on any atom is 0.208 e. The van der Waals surface area contributed by atoms with Crippen molar-refractivity contribution in [2.24, 2.45) is 10.7 Å². The van der Waals surface area contributed by atoms with Crippen LogP contribution in [0.15, 0.2) is 29.4 Å². The number of hydrogen-bond acceptors (Lipinski definition) is 3. The minimum Gasteiger partial charge on any atom is -0.369 e. The Morgan fingerprint density at radius 3 is 3.08 bits per heavy atom. The lowest BCUT2D eigenvalue weighted by atomic mass is 10.5. The van der Waals surface area contributed by atoms with Crippen LogP contribution in [-0.4, -0.2) is 10.9 Å². The van der Waals surface area contributed by atoms with Crippen molar-refractivity contribution >= 4 is 11.8 Å². The Labute approximate surface area is 69.6 Å². The molecule has 0 aromatic carbocycles. The average Bonchev–Trinajstić information content (AvgIpc) is 2.06. The van der Waals surface area contributed by atoms with Crippen molar-refractivity contribution in [3.8, 4) is 6.19 Å². The van der Waals surface area contributed by atoms with E-state index in [0.29, 0.717) is 5.82 Å². The highest BCUT2D eigenvalue weighted by Crippen LogP contribution is 2.03. The molecule has 12 heavy (non-hydrogen) atoms. The Kier molecular flexibility index (Phi) is 2.62. The number of aliphatic imine (C=N–C) groups is 1. The highest BCUT2D eigenvalue weighted by Gasteiger charge is 1.90. The quantitative estimate of drug-likeness (QED) is 0.264. The van der Waals surface area contributed by atoms with Gasteiger partial charge in [-0.2, -0.15) is 10.3 Å². The Balaban J connectivity index is 2.76. The zero-order valence-electron chi connectivity index (χ0n) is 6.23. The summed E-state index contributed by atoms with van der Waals surface area (Å²) in [5.74, 6) is 0.508. The summed E-state index contributed by atoms with van der Waals surface area (Å²) in [5, 5.41) is 10.4. The lowest BCUT2D eigenvalue weighted by Gasteiger charge is -1.94. The van der Waals surface area contributed by atoms with Gasteiger partial charge in [-0.3, -0.25) is 5.32 Å². The van der Waals surface area contributed by atoms with Gasteiger partial charge in [0.2, 0.25) is 5.96 Å². The second-order valence-electron chi connectivity index (χ2n) is 1.92. The largest absolute Gasteiger partial charge is 0.369 e. The van der Waals surface area contributed by atoms with E-state index in [9.17, 15) is 0 Å². The van der Waals surface area contributed by atoms with E-state index in [1.54, 1.807) is 30.6 Å². The van der Waals surface area contributed by atoms with Crippen molar-refractivity contribution in [1.82, 2.24) is 10.3 Å². The number of nitrogens with two attached hydrogens (primary N) is 1. The topological polar surface area (TPSA) is 87.1 Å². The number of nitrogens with one attached hydrogen (secondary N) is 1. The summed E-state index contributed by atoms with van der Waals surface area (Å²) in [6.45, 7) is 0. The first-order valence-electron chi connectivity index (χ1n) is 3.23. The highest BCUT2D eigenvalue weighted by molar-refractivity contribution is 5.81. The molecule has 0 saturated carbocycles. The average molecular weight is 161 g/mol. The smallest absolute Gasteiger partial charge is 0.208 e. The predicted molar refractivity (Wildman–Crippen MR) is 44.3 cm³/mol. The summed E-state index contributed by atoms with van der Waals surface area (Å²) in [6, 6.07) is 5.24. The molecule has 1 rings (SSSR count). The van der Waals surface area contributed by atoms with Crippen LogP contribution in [0.3, 0.4) is 0 Å². The molecule has 0 amide bonds. The number of nitriles is 1. The van der Waals surface area contributed by atoms with Crippen molar-refractivity contribution in [2.75, 3.05) is 0 Å². The molecule has 0 unspecified atom stereocenters. The highest BCUT2D eigenvalue weighted by atomic mass is 15.1. The van der Waals surface area contributed by atoms with E-state index in [0.717, 1.165) is 0 Å². The van der Waals surface area contributed by atoms with Crippen LogP contribution in [-0.2, 0) is 0 Å². The van der Waals surface area contributed by atoms with Gasteiger partial charge in [0, 0.05) is 6.20 Å². The third-order valence-electron chi connectivity index (χ3n) is 1.07. The third-order valence-corrected chi connectivity index (χ3v) is 1.07. The SMILES string of the molecule is N#CNC(N)=Nc1ccccn1. The van der Waals surface area contributed by atoms with Gasteiger partial charge in [-0.25, -0.2) is 4.98 Å². The molecule has 0 bridgehead atoms. The van der Waals surface area contributed by atoms with Crippen LogP contribution >= 0.6 is 0 Å². The lowest BCUT2D eigenvalue weighted by Crippen LogP contribution is -2.26. The molecule has 0 fully saturated rings. The van der Waals surface area contributed by atoms with E-state index in [2.05, 4.69) is 15.3 Å². The van der Waals surface area contributed by atoms with Crippen LogP contribution in [0.5, 0.6) is 0 Å². The van der Waals surface area contributed by atoms with Crippen LogP contribution in [0.2, 0.25) is 0 Å². The summed E-state index contributed by atoms with van der Waals surface area (Å²) < 4.78 is 0. The molecular formula is C7H7N5. The van der Waals surface area contributed by atoms with Crippen molar-refractivity contribution in [1.29, 1.82) is 5.26 Å². The van der Waals surface area contributed by atoms with E-state index in [4.69, 9.17) is 11.0 Å². The summed E-state index contributed by atoms with van der Waals surface area (Å²) in [7, 11) is 0. The Morgan fingerprint density at radius 2 is 2.50 bits per heavy atom. The van der Waals surface area contributed by atoms with Gasteiger partial charge in [0.15, 0.2) is 12.0 Å². The van der Waals surface area contributed by atoms with Crippen molar-refractivity contribution in [2.45, 2.75) is 0 Å². The van der Waals surface area contributed by atoms with E-state index >= 15 is 0 Å². The maximum absolute atomic E-state index is 8.17.